The van der Waals surface area contributed by atoms with Crippen LogP contribution in [0.5, 0.6) is 0 Å². The van der Waals surface area contributed by atoms with Gasteiger partial charge in [0.05, 0.1) is 11.3 Å². The predicted molar refractivity (Wildman–Crippen MR) is 101 cm³/mol. The number of hydrogen-bond acceptors (Lipinski definition) is 4. The van der Waals surface area contributed by atoms with E-state index in [0.717, 1.165) is 11.8 Å². The Labute approximate surface area is 155 Å². The maximum absolute atomic E-state index is 13.2. The Morgan fingerprint density at radius 1 is 0.963 bits per heavy atom. The van der Waals surface area contributed by atoms with Crippen molar-refractivity contribution in [3.8, 4) is 0 Å². The molecule has 0 unspecified atom stereocenters. The van der Waals surface area contributed by atoms with E-state index in [4.69, 9.17) is 0 Å². The topological polar surface area (TPSA) is 41.1 Å². The highest BCUT2D eigenvalue weighted by Gasteiger charge is 2.33. The fourth-order valence-corrected chi connectivity index (χ4v) is 2.76. The van der Waals surface area contributed by atoms with E-state index < -0.39 is 11.7 Å². The molecular formula is C20H19F3N4. The van der Waals surface area contributed by atoms with Crippen molar-refractivity contribution >= 4 is 23.1 Å². The van der Waals surface area contributed by atoms with E-state index in [1.165, 1.54) is 12.1 Å². The van der Waals surface area contributed by atoms with Gasteiger partial charge >= 0.3 is 6.18 Å². The minimum absolute atomic E-state index is 0.0446. The van der Waals surface area contributed by atoms with Gasteiger partial charge in [-0.05, 0) is 38.1 Å². The Kier molecular flexibility index (Phi) is 5.30. The third-order valence-electron chi connectivity index (χ3n) is 3.96. The van der Waals surface area contributed by atoms with Gasteiger partial charge in [-0.2, -0.15) is 18.2 Å². The quantitative estimate of drug-likeness (QED) is 0.623. The molecule has 0 fully saturated rings. The maximum Gasteiger partial charge on any atom is 0.418 e. The molecular weight excluding hydrogens is 353 g/mol. The third kappa shape index (κ3) is 4.36. The predicted octanol–water partition coefficient (Wildman–Crippen LogP) is 5.71. The summed E-state index contributed by atoms with van der Waals surface area (Å²) in [6.45, 7) is 4.36. The van der Waals surface area contributed by atoms with Crippen molar-refractivity contribution in [3.63, 3.8) is 0 Å². The minimum Gasteiger partial charge on any atom is -0.340 e. The van der Waals surface area contributed by atoms with Crippen LogP contribution >= 0.6 is 0 Å². The summed E-state index contributed by atoms with van der Waals surface area (Å²) in [5.41, 5.74) is 0.781. The number of aryl methyl sites for hydroxylation is 1. The van der Waals surface area contributed by atoms with Gasteiger partial charge in [0.1, 0.15) is 5.82 Å². The van der Waals surface area contributed by atoms with Gasteiger partial charge < -0.3 is 10.2 Å². The van der Waals surface area contributed by atoms with Crippen molar-refractivity contribution < 1.29 is 13.2 Å². The molecule has 0 saturated heterocycles. The largest absolute Gasteiger partial charge is 0.418 e. The molecule has 27 heavy (non-hydrogen) atoms. The molecule has 0 spiro atoms. The second-order valence-corrected chi connectivity index (χ2v) is 5.94. The normalized spacial score (nSPS) is 11.3. The first-order valence-corrected chi connectivity index (χ1v) is 8.50. The number of benzene rings is 2. The van der Waals surface area contributed by atoms with Gasteiger partial charge in [0.25, 0.3) is 0 Å². The van der Waals surface area contributed by atoms with Gasteiger partial charge in [-0.3, -0.25) is 0 Å². The first-order chi connectivity index (χ1) is 12.9. The van der Waals surface area contributed by atoms with E-state index in [2.05, 4.69) is 15.3 Å². The monoisotopic (exact) mass is 372 g/mol. The van der Waals surface area contributed by atoms with E-state index in [0.29, 0.717) is 24.0 Å². The smallest absolute Gasteiger partial charge is 0.340 e. The molecule has 4 nitrogen and oxygen atoms in total. The highest BCUT2D eigenvalue weighted by molar-refractivity contribution is 5.64. The number of nitrogens with one attached hydrogen (secondary N) is 1. The number of anilines is 4. The summed E-state index contributed by atoms with van der Waals surface area (Å²) in [5.74, 6) is 0.735. The van der Waals surface area contributed by atoms with E-state index in [9.17, 15) is 13.2 Å². The van der Waals surface area contributed by atoms with Gasteiger partial charge in [-0.1, -0.05) is 30.3 Å². The molecule has 3 aromatic rings. The molecule has 1 aromatic heterocycles. The molecule has 0 aliphatic heterocycles. The molecule has 0 radical (unpaired) electrons. The summed E-state index contributed by atoms with van der Waals surface area (Å²) < 4.78 is 39.7. The van der Waals surface area contributed by atoms with Gasteiger partial charge in [0.2, 0.25) is 5.95 Å². The Balaban J connectivity index is 1.98. The zero-order valence-electron chi connectivity index (χ0n) is 15.0. The van der Waals surface area contributed by atoms with Gasteiger partial charge in [0.15, 0.2) is 0 Å². The van der Waals surface area contributed by atoms with Crippen molar-refractivity contribution in [1.82, 2.24) is 9.97 Å². The highest BCUT2D eigenvalue weighted by atomic mass is 19.4. The van der Waals surface area contributed by atoms with Crippen LogP contribution in [0, 0.1) is 6.92 Å². The Bertz CT molecular complexity index is 911. The number of nitrogens with zero attached hydrogens (tertiary/aromatic N) is 3. The average Bonchev–Trinajstić information content (AvgIpc) is 2.62. The molecule has 0 aliphatic carbocycles. The lowest BCUT2D eigenvalue weighted by molar-refractivity contribution is -0.136. The molecule has 0 atom stereocenters. The molecule has 0 amide bonds. The fourth-order valence-electron chi connectivity index (χ4n) is 2.76. The summed E-state index contributed by atoms with van der Waals surface area (Å²) in [7, 11) is 0. The first kappa shape index (κ1) is 18.7. The maximum atomic E-state index is 13.2. The summed E-state index contributed by atoms with van der Waals surface area (Å²) in [6.07, 6.45) is -4.45. The molecule has 0 saturated carbocycles. The van der Waals surface area contributed by atoms with Crippen LogP contribution in [0.15, 0.2) is 60.7 Å². The molecule has 140 valence electrons. The van der Waals surface area contributed by atoms with E-state index in [1.54, 1.807) is 19.1 Å². The molecule has 2 aromatic carbocycles. The number of para-hydroxylation sites is 2. The minimum atomic E-state index is -4.45. The molecule has 0 aliphatic rings. The van der Waals surface area contributed by atoms with Gasteiger partial charge in [-0.25, -0.2) is 4.98 Å². The number of aromatic nitrogens is 2. The van der Waals surface area contributed by atoms with E-state index in [1.807, 2.05) is 42.2 Å². The van der Waals surface area contributed by atoms with Crippen LogP contribution in [0.4, 0.5) is 36.3 Å². The second-order valence-electron chi connectivity index (χ2n) is 5.94. The van der Waals surface area contributed by atoms with Crippen LogP contribution in [-0.4, -0.2) is 16.5 Å². The lowest BCUT2D eigenvalue weighted by Gasteiger charge is -2.22. The zero-order chi connectivity index (χ0) is 19.4. The van der Waals surface area contributed by atoms with Crippen LogP contribution in [0.3, 0.4) is 0 Å². The molecule has 3 rings (SSSR count). The average molecular weight is 372 g/mol. The molecule has 0 bridgehead atoms. The van der Waals surface area contributed by atoms with Crippen molar-refractivity contribution in [3.05, 3.63) is 71.9 Å². The SMILES string of the molecule is CCN(c1ccccc1)c1nc(C)cc(Nc2ccccc2C(F)(F)F)n1. The van der Waals surface area contributed by atoms with Crippen molar-refractivity contribution in [1.29, 1.82) is 0 Å². The number of hydrogen-bond donors (Lipinski definition) is 1. The highest BCUT2D eigenvalue weighted by Crippen LogP contribution is 2.36. The fraction of sp³-hybridized carbons (Fsp3) is 0.200. The molecule has 7 heteroatoms. The summed E-state index contributed by atoms with van der Waals surface area (Å²) >= 11 is 0. The van der Waals surface area contributed by atoms with Crippen LogP contribution < -0.4 is 10.2 Å². The van der Waals surface area contributed by atoms with Crippen LogP contribution in [0.2, 0.25) is 0 Å². The molecule has 1 heterocycles. The number of alkyl halides is 3. The Morgan fingerprint density at radius 3 is 2.30 bits per heavy atom. The van der Waals surface area contributed by atoms with Crippen LogP contribution in [0.25, 0.3) is 0 Å². The Hall–Kier alpha value is -3.09. The van der Waals surface area contributed by atoms with E-state index >= 15 is 0 Å². The summed E-state index contributed by atoms with van der Waals surface area (Å²) in [6, 6.07) is 16.6. The lowest BCUT2D eigenvalue weighted by atomic mass is 10.1. The summed E-state index contributed by atoms with van der Waals surface area (Å²) in [5, 5.41) is 2.79. The summed E-state index contributed by atoms with van der Waals surface area (Å²) in [4.78, 5) is 10.8. The third-order valence-corrected chi connectivity index (χ3v) is 3.96. The first-order valence-electron chi connectivity index (χ1n) is 8.50. The number of rotatable bonds is 5. The zero-order valence-corrected chi connectivity index (χ0v) is 15.0. The van der Waals surface area contributed by atoms with Crippen LogP contribution in [-0.2, 0) is 6.18 Å². The van der Waals surface area contributed by atoms with Gasteiger partial charge in [-0.15, -0.1) is 0 Å². The van der Waals surface area contributed by atoms with Crippen molar-refractivity contribution in [2.75, 3.05) is 16.8 Å². The van der Waals surface area contributed by atoms with E-state index in [-0.39, 0.29) is 5.69 Å². The second kappa shape index (κ2) is 7.65. The Morgan fingerprint density at radius 2 is 1.63 bits per heavy atom. The van der Waals surface area contributed by atoms with Crippen LogP contribution in [0.1, 0.15) is 18.2 Å². The lowest BCUT2D eigenvalue weighted by Crippen LogP contribution is -2.19. The van der Waals surface area contributed by atoms with Gasteiger partial charge in [0, 0.05) is 24.0 Å². The molecule has 1 N–H and O–H groups in total. The number of halogens is 3. The van der Waals surface area contributed by atoms with Crippen molar-refractivity contribution in [2.45, 2.75) is 20.0 Å². The standard InChI is InChI=1S/C20H19F3N4/c1-3-27(15-9-5-4-6-10-15)19-24-14(2)13-18(26-19)25-17-12-8-7-11-16(17)20(21,22)23/h4-13H,3H2,1-2H3,(H,24,25,26). The van der Waals surface area contributed by atoms with Crippen molar-refractivity contribution in [2.24, 2.45) is 0 Å².